The number of nitrogens with zero attached hydrogens (tertiary/aromatic N) is 2. The standard InChI is InChI=1S/C15H21N3O/c19-11-14-5-2-8-18(14)10-12-3-1-4-13(9-12)15-16-6-7-17-15/h1,3-4,9,14,19H,2,5-8,10-11H2,(H,16,17). The van der Waals surface area contributed by atoms with E-state index >= 15 is 0 Å². The first-order chi connectivity index (χ1) is 9.36. The molecule has 3 rings (SSSR count). The highest BCUT2D eigenvalue weighted by molar-refractivity contribution is 5.99. The normalized spacial score (nSPS) is 23.4. The maximum absolute atomic E-state index is 9.37. The van der Waals surface area contributed by atoms with Crippen LogP contribution in [0.3, 0.4) is 0 Å². The van der Waals surface area contributed by atoms with Crippen LogP contribution in [0.5, 0.6) is 0 Å². The van der Waals surface area contributed by atoms with E-state index in [0.717, 1.165) is 38.4 Å². The smallest absolute Gasteiger partial charge is 0.128 e. The lowest BCUT2D eigenvalue weighted by Gasteiger charge is -2.22. The predicted molar refractivity (Wildman–Crippen MR) is 76.4 cm³/mol. The first kappa shape index (κ1) is 12.6. The van der Waals surface area contributed by atoms with Gasteiger partial charge in [0.25, 0.3) is 0 Å². The number of aliphatic hydroxyl groups is 1. The predicted octanol–water partition coefficient (Wildman–Crippen LogP) is 0.993. The number of nitrogens with one attached hydrogen (secondary N) is 1. The van der Waals surface area contributed by atoms with Gasteiger partial charge in [0.2, 0.25) is 0 Å². The molecular formula is C15H21N3O. The van der Waals surface area contributed by atoms with E-state index in [2.05, 4.69) is 39.5 Å². The molecule has 2 aliphatic heterocycles. The Morgan fingerprint density at radius 1 is 1.42 bits per heavy atom. The van der Waals surface area contributed by atoms with Crippen molar-refractivity contribution in [3.05, 3.63) is 35.4 Å². The number of aliphatic imine (C=N–C) groups is 1. The van der Waals surface area contributed by atoms with Crippen LogP contribution in [0.2, 0.25) is 0 Å². The molecule has 1 unspecified atom stereocenters. The highest BCUT2D eigenvalue weighted by Gasteiger charge is 2.23. The molecule has 0 saturated carbocycles. The number of hydrogen-bond donors (Lipinski definition) is 2. The maximum atomic E-state index is 9.37. The number of benzene rings is 1. The van der Waals surface area contributed by atoms with E-state index in [1.807, 2.05) is 0 Å². The van der Waals surface area contributed by atoms with Crippen molar-refractivity contribution in [3.8, 4) is 0 Å². The topological polar surface area (TPSA) is 47.9 Å². The van der Waals surface area contributed by atoms with Crippen LogP contribution in [0.1, 0.15) is 24.0 Å². The van der Waals surface area contributed by atoms with Crippen LogP contribution in [0.4, 0.5) is 0 Å². The summed E-state index contributed by atoms with van der Waals surface area (Å²) in [6, 6.07) is 8.91. The van der Waals surface area contributed by atoms with Crippen LogP contribution in [0, 0.1) is 0 Å². The molecule has 1 fully saturated rings. The van der Waals surface area contributed by atoms with Crippen LogP contribution in [-0.4, -0.2) is 48.1 Å². The van der Waals surface area contributed by atoms with Crippen molar-refractivity contribution in [1.29, 1.82) is 0 Å². The van der Waals surface area contributed by atoms with Gasteiger partial charge >= 0.3 is 0 Å². The Balaban J connectivity index is 1.72. The highest BCUT2D eigenvalue weighted by Crippen LogP contribution is 2.20. The fourth-order valence-corrected chi connectivity index (χ4v) is 2.95. The largest absolute Gasteiger partial charge is 0.395 e. The fourth-order valence-electron chi connectivity index (χ4n) is 2.95. The SMILES string of the molecule is OCC1CCCN1Cc1cccc(C2=NCCN2)c1. The third-order valence-corrected chi connectivity index (χ3v) is 3.97. The van der Waals surface area contributed by atoms with Crippen molar-refractivity contribution in [1.82, 2.24) is 10.2 Å². The Morgan fingerprint density at radius 3 is 3.16 bits per heavy atom. The molecule has 19 heavy (non-hydrogen) atoms. The lowest BCUT2D eigenvalue weighted by Crippen LogP contribution is -2.31. The number of hydrogen-bond acceptors (Lipinski definition) is 4. The van der Waals surface area contributed by atoms with Crippen LogP contribution < -0.4 is 5.32 Å². The van der Waals surface area contributed by atoms with Gasteiger partial charge in [0, 0.05) is 24.7 Å². The second-order valence-electron chi connectivity index (χ2n) is 5.31. The number of likely N-dealkylation sites (tertiary alicyclic amines) is 1. The molecule has 1 aromatic rings. The summed E-state index contributed by atoms with van der Waals surface area (Å²) in [5.41, 5.74) is 2.48. The molecule has 1 aromatic carbocycles. The van der Waals surface area contributed by atoms with E-state index < -0.39 is 0 Å². The summed E-state index contributed by atoms with van der Waals surface area (Å²) < 4.78 is 0. The van der Waals surface area contributed by atoms with Crippen molar-refractivity contribution in [3.63, 3.8) is 0 Å². The lowest BCUT2D eigenvalue weighted by atomic mass is 10.1. The summed E-state index contributed by atoms with van der Waals surface area (Å²) >= 11 is 0. The molecule has 1 atom stereocenters. The Hall–Kier alpha value is -1.39. The zero-order valence-electron chi connectivity index (χ0n) is 11.2. The molecule has 102 valence electrons. The second-order valence-corrected chi connectivity index (χ2v) is 5.31. The minimum atomic E-state index is 0.272. The maximum Gasteiger partial charge on any atom is 0.128 e. The molecule has 0 aliphatic carbocycles. The molecule has 0 spiro atoms. The minimum absolute atomic E-state index is 0.272. The molecule has 0 radical (unpaired) electrons. The molecule has 2 aliphatic rings. The van der Waals surface area contributed by atoms with Crippen molar-refractivity contribution >= 4 is 5.84 Å². The van der Waals surface area contributed by atoms with Gasteiger partial charge in [0.1, 0.15) is 5.84 Å². The molecule has 0 bridgehead atoms. The molecule has 0 aromatic heterocycles. The number of amidine groups is 1. The van der Waals surface area contributed by atoms with Gasteiger partial charge in [-0.25, -0.2) is 0 Å². The van der Waals surface area contributed by atoms with E-state index in [0.29, 0.717) is 6.04 Å². The van der Waals surface area contributed by atoms with Gasteiger partial charge < -0.3 is 10.4 Å². The summed E-state index contributed by atoms with van der Waals surface area (Å²) in [5.74, 6) is 1.02. The Labute approximate surface area is 114 Å². The Morgan fingerprint density at radius 2 is 2.37 bits per heavy atom. The summed E-state index contributed by atoms with van der Waals surface area (Å²) in [5, 5.41) is 12.7. The zero-order chi connectivity index (χ0) is 13.1. The highest BCUT2D eigenvalue weighted by atomic mass is 16.3. The summed E-state index contributed by atoms with van der Waals surface area (Å²) in [6.07, 6.45) is 2.31. The van der Waals surface area contributed by atoms with Gasteiger partial charge in [-0.3, -0.25) is 9.89 Å². The van der Waals surface area contributed by atoms with Crippen molar-refractivity contribution in [2.24, 2.45) is 4.99 Å². The average Bonchev–Trinajstić information content (AvgIpc) is 3.10. The van der Waals surface area contributed by atoms with Gasteiger partial charge in [-0.05, 0) is 31.0 Å². The average molecular weight is 259 g/mol. The zero-order valence-corrected chi connectivity index (χ0v) is 11.2. The Bertz CT molecular complexity index is 472. The van der Waals surface area contributed by atoms with Gasteiger partial charge in [0.15, 0.2) is 0 Å². The third kappa shape index (κ3) is 2.80. The monoisotopic (exact) mass is 259 g/mol. The molecule has 2 heterocycles. The van der Waals surface area contributed by atoms with Gasteiger partial charge in [0.05, 0.1) is 13.2 Å². The lowest BCUT2D eigenvalue weighted by molar-refractivity contribution is 0.153. The van der Waals surface area contributed by atoms with E-state index in [4.69, 9.17) is 0 Å². The summed E-state index contributed by atoms with van der Waals surface area (Å²) in [6.45, 7) is 4.10. The minimum Gasteiger partial charge on any atom is -0.395 e. The summed E-state index contributed by atoms with van der Waals surface area (Å²) in [7, 11) is 0. The van der Waals surface area contributed by atoms with Crippen LogP contribution in [-0.2, 0) is 6.54 Å². The number of aliphatic hydroxyl groups excluding tert-OH is 1. The Kier molecular flexibility index (Phi) is 3.80. The quantitative estimate of drug-likeness (QED) is 0.848. The molecule has 0 amide bonds. The van der Waals surface area contributed by atoms with Crippen molar-refractivity contribution in [2.45, 2.75) is 25.4 Å². The van der Waals surface area contributed by atoms with Gasteiger partial charge in [-0.2, -0.15) is 0 Å². The summed E-state index contributed by atoms with van der Waals surface area (Å²) in [4.78, 5) is 6.84. The molecule has 4 heteroatoms. The molecular weight excluding hydrogens is 238 g/mol. The third-order valence-electron chi connectivity index (χ3n) is 3.97. The van der Waals surface area contributed by atoms with Crippen LogP contribution in [0.15, 0.2) is 29.3 Å². The molecule has 1 saturated heterocycles. The second kappa shape index (κ2) is 5.72. The first-order valence-corrected chi connectivity index (χ1v) is 7.09. The van der Waals surface area contributed by atoms with Crippen LogP contribution >= 0.6 is 0 Å². The molecule has 2 N–H and O–H groups in total. The van der Waals surface area contributed by atoms with E-state index in [-0.39, 0.29) is 6.61 Å². The number of rotatable bonds is 4. The van der Waals surface area contributed by atoms with Gasteiger partial charge in [-0.15, -0.1) is 0 Å². The van der Waals surface area contributed by atoms with E-state index in [9.17, 15) is 5.11 Å². The van der Waals surface area contributed by atoms with Crippen molar-refractivity contribution < 1.29 is 5.11 Å². The van der Waals surface area contributed by atoms with Crippen molar-refractivity contribution in [2.75, 3.05) is 26.2 Å². The van der Waals surface area contributed by atoms with E-state index in [1.165, 1.54) is 17.5 Å². The van der Waals surface area contributed by atoms with E-state index in [1.54, 1.807) is 0 Å². The first-order valence-electron chi connectivity index (χ1n) is 7.09. The fraction of sp³-hybridized carbons (Fsp3) is 0.533. The molecule has 4 nitrogen and oxygen atoms in total. The van der Waals surface area contributed by atoms with Crippen LogP contribution in [0.25, 0.3) is 0 Å². The van der Waals surface area contributed by atoms with Gasteiger partial charge in [-0.1, -0.05) is 18.2 Å².